The zero-order valence-electron chi connectivity index (χ0n) is 19.1. The van der Waals surface area contributed by atoms with Crippen molar-refractivity contribution in [2.45, 2.75) is 43.9 Å². The lowest BCUT2D eigenvalue weighted by Gasteiger charge is -2.31. The number of pyridine rings is 1. The predicted octanol–water partition coefficient (Wildman–Crippen LogP) is 6.25. The third kappa shape index (κ3) is 5.16. The van der Waals surface area contributed by atoms with Crippen LogP contribution in [0.5, 0.6) is 0 Å². The molecule has 4 aromatic rings. The molecule has 0 aliphatic heterocycles. The summed E-state index contributed by atoms with van der Waals surface area (Å²) in [6, 6.07) is 16.4. The maximum atomic E-state index is 13.5. The van der Waals surface area contributed by atoms with E-state index in [0.717, 1.165) is 31.0 Å². The van der Waals surface area contributed by atoms with Gasteiger partial charge in [0.05, 0.1) is 17.4 Å². The Hall–Kier alpha value is -3.59. The van der Waals surface area contributed by atoms with Gasteiger partial charge in [-0.1, -0.05) is 29.8 Å². The van der Waals surface area contributed by atoms with Crippen molar-refractivity contribution < 1.29 is 18.0 Å². The predicted molar refractivity (Wildman–Crippen MR) is 132 cm³/mol. The van der Waals surface area contributed by atoms with Crippen LogP contribution >= 0.6 is 11.6 Å². The molecular weight excluding hydrogens is 491 g/mol. The molecule has 0 bridgehead atoms. The lowest BCUT2D eigenvalue weighted by Crippen LogP contribution is -2.42. The van der Waals surface area contributed by atoms with E-state index in [1.54, 1.807) is 23.0 Å². The van der Waals surface area contributed by atoms with Crippen molar-refractivity contribution in [2.24, 2.45) is 0 Å². The van der Waals surface area contributed by atoms with E-state index in [9.17, 15) is 18.0 Å². The van der Waals surface area contributed by atoms with Gasteiger partial charge in [-0.15, -0.1) is 0 Å². The molecule has 2 aromatic carbocycles. The molecule has 0 saturated heterocycles. The Bertz CT molecular complexity index is 1390. The first kappa shape index (κ1) is 24.1. The van der Waals surface area contributed by atoms with E-state index in [2.05, 4.69) is 20.7 Å². The lowest BCUT2D eigenvalue weighted by atomic mass is 9.90. The number of aromatic nitrogens is 3. The second-order valence-corrected chi connectivity index (χ2v) is 9.29. The minimum absolute atomic E-state index is 0.131. The van der Waals surface area contributed by atoms with Gasteiger partial charge in [-0.25, -0.2) is 9.67 Å². The molecule has 1 aliphatic carbocycles. The van der Waals surface area contributed by atoms with E-state index >= 15 is 0 Å². The number of anilines is 1. The molecule has 0 spiro atoms. The molecule has 186 valence electrons. The Labute approximate surface area is 210 Å². The highest BCUT2D eigenvalue weighted by Crippen LogP contribution is 2.35. The number of fused-ring (bicyclic) bond motifs is 1. The average molecular weight is 514 g/mol. The zero-order chi connectivity index (χ0) is 25.3. The van der Waals surface area contributed by atoms with Crippen LogP contribution in [-0.2, 0) is 6.18 Å². The molecule has 6 nitrogen and oxygen atoms in total. The number of para-hydroxylation sites is 1. The summed E-state index contributed by atoms with van der Waals surface area (Å²) in [6.45, 7) is 0. The van der Waals surface area contributed by atoms with Crippen LogP contribution in [0.1, 0.15) is 41.9 Å². The van der Waals surface area contributed by atoms with Crippen LogP contribution in [0.3, 0.4) is 0 Å². The summed E-state index contributed by atoms with van der Waals surface area (Å²) in [4.78, 5) is 16.8. The van der Waals surface area contributed by atoms with E-state index in [1.807, 2.05) is 30.3 Å². The summed E-state index contributed by atoms with van der Waals surface area (Å²) < 4.78 is 42.0. The Kier molecular flexibility index (Phi) is 6.57. The second kappa shape index (κ2) is 9.81. The molecule has 1 aliphatic rings. The molecule has 1 amide bonds. The summed E-state index contributed by atoms with van der Waals surface area (Å²) in [5.41, 5.74) is 0.774. The Morgan fingerprint density at radius 3 is 2.58 bits per heavy atom. The fourth-order valence-corrected chi connectivity index (χ4v) is 4.82. The summed E-state index contributed by atoms with van der Waals surface area (Å²) in [7, 11) is 0. The molecule has 0 unspecified atom stereocenters. The highest BCUT2D eigenvalue weighted by atomic mass is 35.5. The minimum Gasteiger partial charge on any atom is -0.382 e. The molecule has 2 N–H and O–H groups in total. The van der Waals surface area contributed by atoms with Crippen LogP contribution < -0.4 is 10.6 Å². The van der Waals surface area contributed by atoms with Gasteiger partial charge in [0.25, 0.3) is 5.91 Å². The Balaban J connectivity index is 1.33. The van der Waals surface area contributed by atoms with Gasteiger partial charge in [-0.3, -0.25) is 4.79 Å². The number of carbonyl (C=O) groups is 1. The molecule has 10 heteroatoms. The third-order valence-corrected chi connectivity index (χ3v) is 6.54. The van der Waals surface area contributed by atoms with E-state index in [0.29, 0.717) is 28.2 Å². The Morgan fingerprint density at radius 2 is 1.81 bits per heavy atom. The molecule has 2 atom stereocenters. The van der Waals surface area contributed by atoms with Gasteiger partial charge in [-0.2, -0.15) is 18.3 Å². The summed E-state index contributed by atoms with van der Waals surface area (Å²) in [5, 5.41) is 11.6. The average Bonchev–Trinajstić information content (AvgIpc) is 3.35. The van der Waals surface area contributed by atoms with Crippen molar-refractivity contribution in [3.8, 4) is 5.69 Å². The van der Waals surface area contributed by atoms with Gasteiger partial charge >= 0.3 is 6.18 Å². The summed E-state index contributed by atoms with van der Waals surface area (Å²) >= 11 is 6.12. The highest BCUT2D eigenvalue weighted by molar-refractivity contribution is 6.31. The van der Waals surface area contributed by atoms with Crippen LogP contribution in [-0.4, -0.2) is 32.8 Å². The van der Waals surface area contributed by atoms with Crippen LogP contribution in [0, 0.1) is 0 Å². The van der Waals surface area contributed by atoms with Gasteiger partial charge in [0.2, 0.25) is 0 Å². The lowest BCUT2D eigenvalue weighted by molar-refractivity contribution is -0.140. The fourth-order valence-electron chi connectivity index (χ4n) is 4.64. The number of hydrogen-bond acceptors (Lipinski definition) is 4. The summed E-state index contributed by atoms with van der Waals surface area (Å²) in [6.07, 6.45) is -0.0757. The first-order valence-corrected chi connectivity index (χ1v) is 12.0. The zero-order valence-corrected chi connectivity index (χ0v) is 19.9. The first-order chi connectivity index (χ1) is 17.3. The first-order valence-electron chi connectivity index (χ1n) is 11.6. The topological polar surface area (TPSA) is 71.8 Å². The molecule has 1 saturated carbocycles. The molecule has 0 radical (unpaired) electrons. The van der Waals surface area contributed by atoms with Crippen LogP contribution in [0.25, 0.3) is 16.6 Å². The van der Waals surface area contributed by atoms with Gasteiger partial charge in [0.15, 0.2) is 0 Å². The number of alkyl halides is 3. The number of halogens is 4. The number of nitrogens with one attached hydrogen (secondary N) is 2. The maximum absolute atomic E-state index is 13.5. The van der Waals surface area contributed by atoms with Crippen molar-refractivity contribution in [2.75, 3.05) is 5.32 Å². The van der Waals surface area contributed by atoms with Gasteiger partial charge in [0, 0.05) is 28.2 Å². The second-order valence-electron chi connectivity index (χ2n) is 8.86. The number of hydrogen-bond donors (Lipinski definition) is 2. The maximum Gasteiger partial charge on any atom is 0.433 e. The monoisotopic (exact) mass is 513 g/mol. The number of rotatable bonds is 5. The largest absolute Gasteiger partial charge is 0.433 e. The SMILES string of the molecule is O=C(N[C@@H]1CCC[C@H](Nc2cc(C(F)(F)F)nc3ccc(Cl)cc23)C1)c1ccnn1-c1ccccc1. The van der Waals surface area contributed by atoms with Crippen LogP contribution in [0.4, 0.5) is 18.9 Å². The normalized spacial score (nSPS) is 18.2. The molecule has 2 aromatic heterocycles. The molecule has 2 heterocycles. The van der Waals surface area contributed by atoms with Crippen molar-refractivity contribution >= 4 is 34.1 Å². The van der Waals surface area contributed by atoms with Crippen LogP contribution in [0.2, 0.25) is 5.02 Å². The highest BCUT2D eigenvalue weighted by Gasteiger charge is 2.34. The molecule has 36 heavy (non-hydrogen) atoms. The third-order valence-electron chi connectivity index (χ3n) is 6.31. The van der Waals surface area contributed by atoms with Gasteiger partial charge in [-0.05, 0) is 68.1 Å². The number of carbonyl (C=O) groups excluding carboxylic acids is 1. The minimum atomic E-state index is -4.57. The van der Waals surface area contributed by atoms with E-state index < -0.39 is 11.9 Å². The number of amides is 1. The van der Waals surface area contributed by atoms with Crippen molar-refractivity contribution in [3.05, 3.63) is 83.3 Å². The van der Waals surface area contributed by atoms with E-state index in [-0.39, 0.29) is 23.5 Å². The van der Waals surface area contributed by atoms with E-state index in [1.165, 1.54) is 12.1 Å². The fraction of sp³-hybridized carbons (Fsp3) is 0.269. The number of benzene rings is 2. The molecular formula is C26H23ClF3N5O. The van der Waals surface area contributed by atoms with Crippen molar-refractivity contribution in [1.82, 2.24) is 20.1 Å². The van der Waals surface area contributed by atoms with Crippen LogP contribution in [0.15, 0.2) is 66.9 Å². The molecule has 1 fully saturated rings. The van der Waals surface area contributed by atoms with Gasteiger partial charge in [0.1, 0.15) is 11.4 Å². The number of nitrogens with zero attached hydrogens (tertiary/aromatic N) is 3. The smallest absolute Gasteiger partial charge is 0.382 e. The van der Waals surface area contributed by atoms with Crippen molar-refractivity contribution in [3.63, 3.8) is 0 Å². The Morgan fingerprint density at radius 1 is 1.03 bits per heavy atom. The summed E-state index contributed by atoms with van der Waals surface area (Å²) in [5.74, 6) is -0.248. The van der Waals surface area contributed by atoms with Gasteiger partial charge < -0.3 is 10.6 Å². The quantitative estimate of drug-likeness (QED) is 0.331. The van der Waals surface area contributed by atoms with Crippen molar-refractivity contribution in [1.29, 1.82) is 0 Å². The standard InChI is InChI=1S/C26H23ClF3N5O/c27-16-9-10-21-20(13-16)22(15-24(34-21)26(28,29)30)32-17-5-4-6-18(14-17)33-25(36)23-11-12-31-35(23)19-7-2-1-3-8-19/h1-3,7-13,15,17-18H,4-6,14H2,(H,32,34)(H,33,36)/t17-,18+/m0/s1. The van der Waals surface area contributed by atoms with E-state index in [4.69, 9.17) is 11.6 Å². The molecule has 5 rings (SSSR count).